The van der Waals surface area contributed by atoms with E-state index in [9.17, 15) is 0 Å². The van der Waals surface area contributed by atoms with E-state index in [1.54, 1.807) is 0 Å². The number of hydrogen-bond acceptors (Lipinski definition) is 1. The summed E-state index contributed by atoms with van der Waals surface area (Å²) < 4.78 is 6.57. The second kappa shape index (κ2) is 9.07. The third-order valence-corrected chi connectivity index (χ3v) is 10.6. The Kier molecular flexibility index (Phi) is 10.5. The van der Waals surface area contributed by atoms with Gasteiger partial charge in [0.2, 0.25) is 0 Å². The fourth-order valence-corrected chi connectivity index (χ4v) is 10.5. The first-order chi connectivity index (χ1) is 7.92. The summed E-state index contributed by atoms with van der Waals surface area (Å²) in [4.78, 5) is 0. The van der Waals surface area contributed by atoms with Crippen LogP contribution in [0.2, 0.25) is 26.2 Å². The number of rotatable bonds is 4. The summed E-state index contributed by atoms with van der Waals surface area (Å²) >= 11 is 0. The molecule has 0 aromatic carbocycles. The third kappa shape index (κ3) is 5.55. The second-order valence-corrected chi connectivity index (χ2v) is 13.5. The summed E-state index contributed by atoms with van der Waals surface area (Å²) in [5.74, 6) is 0. The number of allylic oxidation sites excluding steroid dienone is 8. The van der Waals surface area contributed by atoms with E-state index >= 15 is 0 Å². The van der Waals surface area contributed by atoms with Crippen LogP contribution in [-0.4, -0.2) is 16.6 Å². The van der Waals surface area contributed by atoms with Crippen LogP contribution in [0.5, 0.6) is 0 Å². The molecule has 6 heteroatoms. The van der Waals surface area contributed by atoms with Crippen molar-refractivity contribution in [3.05, 3.63) is 46.8 Å². The summed E-state index contributed by atoms with van der Waals surface area (Å²) in [6.07, 6.45) is 17.5. The second-order valence-electron chi connectivity index (χ2n) is 5.52. The van der Waals surface area contributed by atoms with Crippen LogP contribution in [0, 0.1) is 12.2 Å². The van der Waals surface area contributed by atoms with Crippen molar-refractivity contribution in [3.8, 4) is 0 Å². The van der Waals surface area contributed by atoms with Gasteiger partial charge in [0.25, 0.3) is 0 Å². The Morgan fingerprint density at radius 2 is 1.20 bits per heavy atom. The Morgan fingerprint density at radius 1 is 0.850 bits per heavy atom. The Hall–Kier alpha value is 0.817. The summed E-state index contributed by atoms with van der Waals surface area (Å²) in [6.45, 7) is 9.11. The van der Waals surface area contributed by atoms with Gasteiger partial charge < -0.3 is 28.9 Å². The summed E-state index contributed by atoms with van der Waals surface area (Å²) in [7, 11) is -3.57. The molecule has 2 rings (SSSR count). The van der Waals surface area contributed by atoms with Crippen molar-refractivity contribution < 1.29 is 55.1 Å². The molecule has 0 radical (unpaired) electrons. The quantitative estimate of drug-likeness (QED) is 0.372. The van der Waals surface area contributed by atoms with Gasteiger partial charge in [-0.1, -0.05) is 0 Å². The molecule has 0 heterocycles. The Balaban J connectivity index is 0. The summed E-state index contributed by atoms with van der Waals surface area (Å²) in [5.41, 5.74) is 0. The van der Waals surface area contributed by atoms with Gasteiger partial charge in [0.05, 0.1) is 0 Å². The molecule has 20 heavy (non-hydrogen) atoms. The first-order valence-electron chi connectivity index (χ1n) is 6.18. The molecule has 0 aromatic rings. The van der Waals surface area contributed by atoms with Crippen LogP contribution in [-0.2, 0) is 30.3 Å². The number of hydrogen-bond donors (Lipinski definition) is 0. The molecule has 0 fully saturated rings. The van der Waals surface area contributed by atoms with Crippen molar-refractivity contribution in [1.82, 2.24) is 0 Å². The van der Waals surface area contributed by atoms with E-state index in [2.05, 4.69) is 62.6 Å². The Labute approximate surface area is 156 Å². The van der Waals surface area contributed by atoms with E-state index in [0.29, 0.717) is 0 Å². The predicted octanol–water partition coefficient (Wildman–Crippen LogP) is -2.12. The molecule has 0 N–H and O–H groups in total. The SMILES string of the molecule is C[Si](C)(O[Si](C)(C)C1=[C-]CC=C1)C1=[C-]CC=C1.[Cl-].[Cl-].[Zr+4]. The zero-order chi connectivity index (χ0) is 12.5. The molecule has 108 valence electrons. The smallest absolute Gasteiger partial charge is 1.00 e. The molecular weight excluding hydrogens is 402 g/mol. The Bertz CT molecular complexity index is 400. The maximum atomic E-state index is 6.57. The molecule has 0 aromatic heterocycles. The maximum Gasteiger partial charge on any atom is 4.00 e. The molecule has 0 unspecified atom stereocenters. The van der Waals surface area contributed by atoms with Crippen molar-refractivity contribution >= 4 is 16.6 Å². The van der Waals surface area contributed by atoms with Crippen LogP contribution in [0.25, 0.3) is 0 Å². The molecule has 2 aliphatic carbocycles. The van der Waals surface area contributed by atoms with Crippen molar-refractivity contribution in [2.45, 2.75) is 39.0 Å². The van der Waals surface area contributed by atoms with Crippen LogP contribution in [0.15, 0.2) is 34.7 Å². The minimum absolute atomic E-state index is 0. The predicted molar refractivity (Wildman–Crippen MR) is 77.1 cm³/mol. The minimum Gasteiger partial charge on any atom is -1.00 e. The number of halogens is 2. The maximum absolute atomic E-state index is 6.57. The average molecular weight is 423 g/mol. The fourth-order valence-electron chi connectivity index (χ4n) is 2.38. The van der Waals surface area contributed by atoms with Gasteiger partial charge in [-0.25, -0.2) is 22.5 Å². The molecule has 1 nitrogen and oxygen atoms in total. The Morgan fingerprint density at radius 3 is 1.45 bits per heavy atom. The third-order valence-electron chi connectivity index (χ3n) is 3.20. The molecule has 0 atom stereocenters. The van der Waals surface area contributed by atoms with Crippen LogP contribution >= 0.6 is 0 Å². The van der Waals surface area contributed by atoms with Crippen LogP contribution in [0.1, 0.15) is 12.8 Å². The van der Waals surface area contributed by atoms with Gasteiger partial charge in [-0.3, -0.25) is 12.2 Å². The average Bonchev–Trinajstić information content (AvgIpc) is 2.91. The molecular formula is C14H20Cl2OSi2Zr. The monoisotopic (exact) mass is 420 g/mol. The summed E-state index contributed by atoms with van der Waals surface area (Å²) in [6, 6.07) is 0. The largest absolute Gasteiger partial charge is 4.00 e. The zero-order valence-electron chi connectivity index (χ0n) is 12.4. The van der Waals surface area contributed by atoms with Gasteiger partial charge in [-0.2, -0.15) is 12.2 Å². The fraction of sp³-hybridized carbons (Fsp3) is 0.429. The van der Waals surface area contributed by atoms with Crippen LogP contribution in [0.3, 0.4) is 0 Å². The normalized spacial score (nSPS) is 16.8. The first-order valence-corrected chi connectivity index (χ1v) is 12.0. The van der Waals surface area contributed by atoms with Crippen molar-refractivity contribution in [2.24, 2.45) is 0 Å². The topological polar surface area (TPSA) is 9.23 Å². The molecule has 0 amide bonds. The zero-order valence-corrected chi connectivity index (χ0v) is 18.4. The van der Waals surface area contributed by atoms with Crippen LogP contribution in [0.4, 0.5) is 0 Å². The molecule has 0 aliphatic heterocycles. The molecule has 0 spiro atoms. The van der Waals surface area contributed by atoms with Gasteiger partial charge in [-0.05, 0) is 26.2 Å². The van der Waals surface area contributed by atoms with Gasteiger partial charge in [0.1, 0.15) is 0 Å². The van der Waals surface area contributed by atoms with Crippen LogP contribution < -0.4 is 24.8 Å². The van der Waals surface area contributed by atoms with Gasteiger partial charge in [0.15, 0.2) is 16.6 Å². The van der Waals surface area contributed by atoms with E-state index in [1.807, 2.05) is 0 Å². The van der Waals surface area contributed by atoms with Crippen molar-refractivity contribution in [2.75, 3.05) is 0 Å². The molecule has 0 saturated heterocycles. The first kappa shape index (κ1) is 23.1. The van der Waals surface area contributed by atoms with E-state index in [0.717, 1.165) is 12.8 Å². The molecule has 0 bridgehead atoms. The van der Waals surface area contributed by atoms with Gasteiger partial charge in [-0.15, -0.1) is 12.8 Å². The van der Waals surface area contributed by atoms with Crippen molar-refractivity contribution in [1.29, 1.82) is 0 Å². The van der Waals surface area contributed by atoms with Crippen molar-refractivity contribution in [3.63, 3.8) is 0 Å². The standard InChI is InChI=1S/C14H20OSi2.2ClH.Zr/c1-16(2,13-9-5-6-10-13)15-17(3,4)14-11-7-8-12-14;;;/h5,7,9,11H,6,8H2,1-4H3;2*1H;/q-2;;;+4/p-2. The summed E-state index contributed by atoms with van der Waals surface area (Å²) in [5, 5.41) is 2.64. The van der Waals surface area contributed by atoms with Gasteiger partial charge >= 0.3 is 26.2 Å². The van der Waals surface area contributed by atoms with E-state index in [1.165, 1.54) is 10.4 Å². The van der Waals surface area contributed by atoms with Gasteiger partial charge in [0, 0.05) is 0 Å². The molecule has 0 saturated carbocycles. The minimum atomic E-state index is -1.79. The van der Waals surface area contributed by atoms with E-state index in [4.69, 9.17) is 4.12 Å². The molecule has 2 aliphatic rings. The van der Waals surface area contributed by atoms with E-state index in [-0.39, 0.29) is 51.0 Å². The van der Waals surface area contributed by atoms with E-state index < -0.39 is 16.6 Å².